The van der Waals surface area contributed by atoms with E-state index in [0.29, 0.717) is 0 Å². The van der Waals surface area contributed by atoms with Crippen LogP contribution < -0.4 is 10.2 Å². The molecular weight excluding hydrogens is 330 g/mol. The van der Waals surface area contributed by atoms with E-state index >= 15 is 0 Å². The summed E-state index contributed by atoms with van der Waals surface area (Å²) in [4.78, 5) is 24.7. The predicted octanol–water partition coefficient (Wildman–Crippen LogP) is 3.55. The van der Waals surface area contributed by atoms with E-state index in [0.717, 1.165) is 27.9 Å². The number of nitrogens with one attached hydrogen (secondary N) is 2. The van der Waals surface area contributed by atoms with E-state index < -0.39 is 0 Å². The zero-order valence-corrected chi connectivity index (χ0v) is 15.2. The normalized spacial score (nSPS) is 12.3. The monoisotopic (exact) mass is 353 g/mol. The van der Waals surface area contributed by atoms with E-state index in [-0.39, 0.29) is 24.4 Å². The Balaban J connectivity index is 2.10. The second-order valence-electron chi connectivity index (χ2n) is 6.29. The van der Waals surface area contributed by atoms with Crippen molar-refractivity contribution < 1.29 is 14.4 Å². The molecule has 0 bridgehead atoms. The van der Waals surface area contributed by atoms with Crippen LogP contribution in [0.4, 0.5) is 0 Å². The predicted molar refractivity (Wildman–Crippen MR) is 99.9 cm³/mol. The quantitative estimate of drug-likeness (QED) is 0.635. The lowest BCUT2D eigenvalue weighted by Gasteiger charge is -2.18. The highest BCUT2D eigenvalue weighted by Gasteiger charge is 2.24. The number of hydroxylamine groups is 1. The van der Waals surface area contributed by atoms with Gasteiger partial charge in [0.15, 0.2) is 0 Å². The van der Waals surface area contributed by atoms with Gasteiger partial charge in [-0.05, 0) is 31.0 Å². The van der Waals surface area contributed by atoms with Crippen molar-refractivity contribution in [3.8, 4) is 5.75 Å². The Bertz CT molecular complexity index is 874. The fourth-order valence-corrected chi connectivity index (χ4v) is 3.09. The van der Waals surface area contributed by atoms with Crippen molar-refractivity contribution in [1.29, 1.82) is 0 Å². The van der Waals surface area contributed by atoms with Crippen molar-refractivity contribution in [3.05, 3.63) is 59.9 Å². The highest BCUT2D eigenvalue weighted by atomic mass is 16.7. The number of carbonyl (C=O) groups is 1. The molecule has 26 heavy (non-hydrogen) atoms. The standard InChI is InChI=1S/C20H23N3O3/c1-13(2)25-17-9-10-22-20-19(17)16(12-23-20)15(11-18(24)26-21-3)14-7-5-4-6-8-14/h4-10,12-13,15,21H,11H2,1-3H3,(H,22,23). The van der Waals surface area contributed by atoms with Crippen molar-refractivity contribution in [2.24, 2.45) is 0 Å². The number of ether oxygens (including phenoxy) is 1. The van der Waals surface area contributed by atoms with Crippen LogP contribution in [-0.2, 0) is 9.63 Å². The lowest BCUT2D eigenvalue weighted by molar-refractivity contribution is -0.150. The average molecular weight is 353 g/mol. The number of pyridine rings is 1. The molecule has 0 fully saturated rings. The molecule has 0 saturated carbocycles. The summed E-state index contributed by atoms with van der Waals surface area (Å²) in [5.41, 5.74) is 5.18. The molecular formula is C20H23N3O3. The van der Waals surface area contributed by atoms with Gasteiger partial charge in [-0.15, -0.1) is 0 Å². The molecule has 2 N–H and O–H groups in total. The molecule has 0 saturated heterocycles. The first-order valence-corrected chi connectivity index (χ1v) is 8.64. The smallest absolute Gasteiger partial charge is 0.325 e. The maximum Gasteiger partial charge on any atom is 0.325 e. The van der Waals surface area contributed by atoms with Gasteiger partial charge in [0.2, 0.25) is 0 Å². The van der Waals surface area contributed by atoms with Gasteiger partial charge in [-0.3, -0.25) is 4.79 Å². The maximum absolute atomic E-state index is 12.2. The largest absolute Gasteiger partial charge is 0.490 e. The fourth-order valence-electron chi connectivity index (χ4n) is 3.09. The van der Waals surface area contributed by atoms with Crippen LogP contribution in [0, 0.1) is 0 Å². The van der Waals surface area contributed by atoms with Crippen molar-refractivity contribution in [2.45, 2.75) is 32.3 Å². The minimum atomic E-state index is -0.328. The molecule has 1 atom stereocenters. The first-order valence-electron chi connectivity index (χ1n) is 8.64. The molecule has 1 unspecified atom stereocenters. The van der Waals surface area contributed by atoms with E-state index in [1.54, 1.807) is 13.2 Å². The number of fused-ring (bicyclic) bond motifs is 1. The molecule has 136 valence electrons. The third-order valence-corrected chi connectivity index (χ3v) is 4.09. The molecule has 1 aromatic carbocycles. The van der Waals surface area contributed by atoms with Gasteiger partial charge in [-0.1, -0.05) is 30.3 Å². The third-order valence-electron chi connectivity index (χ3n) is 4.09. The summed E-state index contributed by atoms with van der Waals surface area (Å²) in [6.45, 7) is 3.97. The number of benzene rings is 1. The van der Waals surface area contributed by atoms with Crippen molar-refractivity contribution in [3.63, 3.8) is 0 Å². The van der Waals surface area contributed by atoms with Gasteiger partial charge < -0.3 is 14.6 Å². The summed E-state index contributed by atoms with van der Waals surface area (Å²) >= 11 is 0. The van der Waals surface area contributed by atoms with Crippen LogP contribution in [0.15, 0.2) is 48.8 Å². The number of carbonyl (C=O) groups excluding carboxylic acids is 1. The molecule has 0 spiro atoms. The van der Waals surface area contributed by atoms with Crippen molar-refractivity contribution in [2.75, 3.05) is 7.05 Å². The van der Waals surface area contributed by atoms with Gasteiger partial charge in [0.1, 0.15) is 11.4 Å². The maximum atomic E-state index is 12.2. The highest BCUT2D eigenvalue weighted by Crippen LogP contribution is 2.37. The molecule has 0 aliphatic rings. The zero-order chi connectivity index (χ0) is 18.5. The minimum Gasteiger partial charge on any atom is -0.490 e. The summed E-state index contributed by atoms with van der Waals surface area (Å²) in [5, 5.41) is 0.896. The molecule has 2 aromatic heterocycles. The summed E-state index contributed by atoms with van der Waals surface area (Å²) < 4.78 is 5.98. The van der Waals surface area contributed by atoms with Gasteiger partial charge in [-0.25, -0.2) is 4.98 Å². The average Bonchev–Trinajstić information content (AvgIpc) is 3.05. The molecule has 6 heteroatoms. The number of aromatic amines is 1. The SMILES string of the molecule is CNOC(=O)CC(c1ccccc1)c1c[nH]c2nccc(OC(C)C)c12. The van der Waals surface area contributed by atoms with E-state index in [4.69, 9.17) is 9.57 Å². The van der Waals surface area contributed by atoms with Crippen LogP contribution in [0.5, 0.6) is 5.75 Å². The zero-order valence-electron chi connectivity index (χ0n) is 15.2. The number of H-pyrrole nitrogens is 1. The van der Waals surface area contributed by atoms with Gasteiger partial charge in [0, 0.05) is 25.4 Å². The fraction of sp³-hybridized carbons (Fsp3) is 0.300. The molecule has 0 aliphatic carbocycles. The third kappa shape index (κ3) is 3.86. The minimum absolute atomic E-state index is 0.0350. The highest BCUT2D eigenvalue weighted by molar-refractivity contribution is 5.88. The lowest BCUT2D eigenvalue weighted by atomic mass is 9.88. The van der Waals surface area contributed by atoms with Crippen LogP contribution in [0.1, 0.15) is 37.3 Å². The number of hydrogen-bond acceptors (Lipinski definition) is 5. The topological polar surface area (TPSA) is 76.2 Å². The van der Waals surface area contributed by atoms with E-state index in [2.05, 4.69) is 15.4 Å². The van der Waals surface area contributed by atoms with Gasteiger partial charge >= 0.3 is 5.97 Å². The lowest BCUT2D eigenvalue weighted by Crippen LogP contribution is -2.18. The number of rotatable bonds is 7. The van der Waals surface area contributed by atoms with Crippen molar-refractivity contribution >= 4 is 17.0 Å². The molecule has 3 rings (SSSR count). The number of hydrogen-bond donors (Lipinski definition) is 2. The van der Waals surface area contributed by atoms with Gasteiger partial charge in [-0.2, -0.15) is 5.48 Å². The molecule has 0 radical (unpaired) electrons. The summed E-state index contributed by atoms with van der Waals surface area (Å²) in [6, 6.07) is 11.8. The van der Waals surface area contributed by atoms with Gasteiger partial charge in [0.05, 0.1) is 17.9 Å². The van der Waals surface area contributed by atoms with Crippen LogP contribution in [0.2, 0.25) is 0 Å². The molecule has 0 aliphatic heterocycles. The number of aromatic nitrogens is 2. The van der Waals surface area contributed by atoms with Gasteiger partial charge in [0.25, 0.3) is 0 Å². The Morgan fingerprint density at radius 1 is 1.23 bits per heavy atom. The van der Waals surface area contributed by atoms with E-state index in [9.17, 15) is 4.79 Å². The number of nitrogens with zero attached hydrogens (tertiary/aromatic N) is 1. The van der Waals surface area contributed by atoms with Crippen molar-refractivity contribution in [1.82, 2.24) is 15.4 Å². The second kappa shape index (κ2) is 8.01. The molecule has 6 nitrogen and oxygen atoms in total. The molecule has 3 aromatic rings. The molecule has 0 amide bonds. The van der Waals surface area contributed by atoms with Crippen LogP contribution in [-0.4, -0.2) is 29.1 Å². The summed E-state index contributed by atoms with van der Waals surface area (Å²) in [5.74, 6) is 0.250. The Morgan fingerprint density at radius 2 is 2.00 bits per heavy atom. The Hall–Kier alpha value is -2.86. The summed E-state index contributed by atoms with van der Waals surface area (Å²) in [6.07, 6.45) is 3.85. The Morgan fingerprint density at radius 3 is 2.69 bits per heavy atom. The first-order chi connectivity index (χ1) is 12.6. The summed E-state index contributed by atoms with van der Waals surface area (Å²) in [7, 11) is 1.57. The molecule has 2 heterocycles. The van der Waals surface area contributed by atoms with Crippen LogP contribution in [0.25, 0.3) is 11.0 Å². The van der Waals surface area contributed by atoms with E-state index in [1.807, 2.05) is 56.4 Å². The second-order valence-corrected chi connectivity index (χ2v) is 6.29. The van der Waals surface area contributed by atoms with Crippen LogP contribution in [0.3, 0.4) is 0 Å². The first kappa shape index (κ1) is 17.9. The Kier molecular flexibility index (Phi) is 5.53. The van der Waals surface area contributed by atoms with E-state index in [1.165, 1.54) is 0 Å². The van der Waals surface area contributed by atoms with Crippen LogP contribution >= 0.6 is 0 Å². The Labute approximate surface area is 152 Å².